The molecule has 2 aromatic heterocycles. The number of nitrogens with zero attached hydrogens (tertiary/aromatic N) is 2. The van der Waals surface area contributed by atoms with Crippen LogP contribution in [0.2, 0.25) is 0 Å². The Labute approximate surface area is 274 Å². The topological polar surface area (TPSA) is 130 Å². The highest BCUT2D eigenvalue weighted by atomic mass is 16.5. The van der Waals surface area contributed by atoms with Gasteiger partial charge in [0.15, 0.2) is 0 Å². The van der Waals surface area contributed by atoms with Crippen LogP contribution in [0.5, 0.6) is 0 Å². The molecule has 2 heterocycles. The Kier molecular flexibility index (Phi) is 12.7. The van der Waals surface area contributed by atoms with Gasteiger partial charge in [0.05, 0.1) is 24.3 Å². The van der Waals surface area contributed by atoms with Gasteiger partial charge in [-0.3, -0.25) is 14.8 Å². The third-order valence-electron chi connectivity index (χ3n) is 7.22. The first-order chi connectivity index (χ1) is 22.7. The molecular weight excluding hydrogens is 592 g/mol. The summed E-state index contributed by atoms with van der Waals surface area (Å²) in [7, 11) is 0. The van der Waals surface area contributed by atoms with Crippen LogP contribution in [0, 0.1) is 0 Å². The standard InChI is InChI=1S/C23H21NO3.C16H17NO3/c1-17(25)19-8-5-9-20(14-19)21-10-11-22(24-15-21)12-13-23(26)27-16-18-6-3-2-4-7-18;1-11(18)12-3-2-4-13(9-12)14-5-6-15(17-10-14)7-8-16(19)20/h2-15,17,25H,16H2,1H3;2-6,9-11,18H,7-8H2,1H3,(H,19,20)/b13-12+;/t17-;11-/m11/s1. The smallest absolute Gasteiger partial charge is 0.331 e. The van der Waals surface area contributed by atoms with Crippen molar-refractivity contribution in [3.8, 4) is 22.3 Å². The summed E-state index contributed by atoms with van der Waals surface area (Å²) in [5.74, 6) is -1.23. The van der Waals surface area contributed by atoms with Crippen molar-refractivity contribution in [1.29, 1.82) is 0 Å². The van der Waals surface area contributed by atoms with Crippen LogP contribution >= 0.6 is 0 Å². The van der Waals surface area contributed by atoms with E-state index in [1.165, 1.54) is 6.08 Å². The van der Waals surface area contributed by atoms with Crippen molar-refractivity contribution in [1.82, 2.24) is 9.97 Å². The number of hydrogen-bond donors (Lipinski definition) is 3. The zero-order valence-electron chi connectivity index (χ0n) is 26.4. The van der Waals surface area contributed by atoms with Crippen LogP contribution in [0.4, 0.5) is 0 Å². The summed E-state index contributed by atoms with van der Waals surface area (Å²) in [5, 5.41) is 27.9. The van der Waals surface area contributed by atoms with E-state index in [4.69, 9.17) is 9.84 Å². The zero-order chi connectivity index (χ0) is 33.6. The normalized spacial score (nSPS) is 12.1. The van der Waals surface area contributed by atoms with Crippen molar-refractivity contribution >= 4 is 18.0 Å². The number of carboxylic acid groups (broad SMARTS) is 1. The molecule has 240 valence electrons. The summed E-state index contributed by atoms with van der Waals surface area (Å²) >= 11 is 0. The molecule has 0 fully saturated rings. The van der Waals surface area contributed by atoms with Crippen LogP contribution in [-0.4, -0.2) is 37.2 Å². The molecule has 8 nitrogen and oxygen atoms in total. The average Bonchev–Trinajstić information content (AvgIpc) is 3.10. The number of aliphatic carboxylic acids is 1. The Morgan fingerprint density at radius 1 is 0.723 bits per heavy atom. The molecule has 8 heteroatoms. The first-order valence-corrected chi connectivity index (χ1v) is 15.3. The molecule has 3 N–H and O–H groups in total. The number of ether oxygens (including phenoxy) is 1. The highest BCUT2D eigenvalue weighted by Gasteiger charge is 2.06. The quantitative estimate of drug-likeness (QED) is 0.102. The predicted octanol–water partition coefficient (Wildman–Crippen LogP) is 7.38. The van der Waals surface area contributed by atoms with Crippen LogP contribution < -0.4 is 0 Å². The Morgan fingerprint density at radius 2 is 1.32 bits per heavy atom. The molecule has 0 amide bonds. The van der Waals surface area contributed by atoms with Crippen molar-refractivity contribution in [2.45, 2.75) is 45.5 Å². The average molecular weight is 631 g/mol. The molecule has 0 aliphatic heterocycles. The van der Waals surface area contributed by atoms with Crippen molar-refractivity contribution in [3.05, 3.63) is 150 Å². The number of carbonyl (C=O) groups excluding carboxylic acids is 1. The van der Waals surface area contributed by atoms with Gasteiger partial charge >= 0.3 is 11.9 Å². The minimum atomic E-state index is -0.819. The van der Waals surface area contributed by atoms with Crippen LogP contribution in [0.25, 0.3) is 28.3 Å². The van der Waals surface area contributed by atoms with E-state index < -0.39 is 24.1 Å². The highest BCUT2D eigenvalue weighted by Crippen LogP contribution is 2.24. The van der Waals surface area contributed by atoms with Crippen LogP contribution in [0.1, 0.15) is 60.6 Å². The highest BCUT2D eigenvalue weighted by molar-refractivity contribution is 5.86. The minimum Gasteiger partial charge on any atom is -0.481 e. The van der Waals surface area contributed by atoms with E-state index >= 15 is 0 Å². The number of aromatic nitrogens is 2. The fourth-order valence-electron chi connectivity index (χ4n) is 4.54. The molecule has 0 radical (unpaired) electrons. The molecule has 2 atom stereocenters. The van der Waals surface area contributed by atoms with Gasteiger partial charge < -0.3 is 20.1 Å². The van der Waals surface area contributed by atoms with Crippen molar-refractivity contribution < 1.29 is 29.6 Å². The SMILES string of the molecule is C[C@@H](O)c1cccc(-c2ccc(/C=C/C(=O)OCc3ccccc3)nc2)c1.C[C@@H](O)c1cccc(-c2ccc(CCC(=O)O)nc2)c1. The van der Waals surface area contributed by atoms with E-state index in [1.807, 2.05) is 103 Å². The van der Waals surface area contributed by atoms with E-state index in [1.54, 1.807) is 32.3 Å². The van der Waals surface area contributed by atoms with Crippen molar-refractivity contribution in [3.63, 3.8) is 0 Å². The number of carbonyl (C=O) groups is 2. The van der Waals surface area contributed by atoms with Crippen LogP contribution in [0.3, 0.4) is 0 Å². The second-order valence-corrected chi connectivity index (χ2v) is 10.9. The summed E-state index contributed by atoms with van der Waals surface area (Å²) < 4.78 is 5.20. The fraction of sp³-hybridized carbons (Fsp3) is 0.179. The molecule has 0 saturated heterocycles. The molecule has 0 bridgehead atoms. The van der Waals surface area contributed by atoms with Gasteiger partial charge in [-0.2, -0.15) is 0 Å². The molecule has 47 heavy (non-hydrogen) atoms. The van der Waals surface area contributed by atoms with Gasteiger partial charge in [0.25, 0.3) is 0 Å². The third kappa shape index (κ3) is 11.1. The summed E-state index contributed by atoms with van der Waals surface area (Å²) in [6, 6.07) is 32.5. The number of pyridine rings is 2. The fourth-order valence-corrected chi connectivity index (χ4v) is 4.54. The minimum absolute atomic E-state index is 0.0872. The van der Waals surface area contributed by atoms with E-state index in [0.29, 0.717) is 12.1 Å². The lowest BCUT2D eigenvalue weighted by atomic mass is 10.0. The van der Waals surface area contributed by atoms with Gasteiger partial charge in [-0.1, -0.05) is 78.9 Å². The number of aliphatic hydroxyl groups is 2. The molecule has 0 aliphatic rings. The Balaban J connectivity index is 0.000000223. The number of aliphatic hydroxyl groups excluding tert-OH is 2. The lowest BCUT2D eigenvalue weighted by Gasteiger charge is -2.08. The number of esters is 1. The van der Waals surface area contributed by atoms with Gasteiger partial charge in [-0.05, 0) is 72.0 Å². The number of carboxylic acids is 1. The number of hydrogen-bond acceptors (Lipinski definition) is 7. The van der Waals surface area contributed by atoms with E-state index in [9.17, 15) is 19.8 Å². The van der Waals surface area contributed by atoms with Crippen molar-refractivity contribution in [2.24, 2.45) is 0 Å². The van der Waals surface area contributed by atoms with Gasteiger partial charge in [-0.25, -0.2) is 4.79 Å². The molecule has 3 aromatic carbocycles. The van der Waals surface area contributed by atoms with Crippen LogP contribution in [-0.2, 0) is 27.4 Å². The first kappa shape index (κ1) is 34.4. The molecular formula is C39H38N2O6. The maximum Gasteiger partial charge on any atom is 0.331 e. The number of rotatable bonds is 11. The van der Waals surface area contributed by atoms with Crippen LogP contribution in [0.15, 0.2) is 122 Å². The van der Waals surface area contributed by atoms with E-state index in [0.717, 1.165) is 44.6 Å². The molecule has 5 rings (SSSR count). The van der Waals surface area contributed by atoms with Gasteiger partial charge in [-0.15, -0.1) is 0 Å². The zero-order valence-corrected chi connectivity index (χ0v) is 26.4. The van der Waals surface area contributed by atoms with Gasteiger partial charge in [0.1, 0.15) is 6.61 Å². The largest absolute Gasteiger partial charge is 0.481 e. The molecule has 0 saturated carbocycles. The Morgan fingerprint density at radius 3 is 1.83 bits per heavy atom. The molecule has 5 aromatic rings. The maximum absolute atomic E-state index is 11.8. The number of benzene rings is 3. The second kappa shape index (κ2) is 17.3. The summed E-state index contributed by atoms with van der Waals surface area (Å²) in [4.78, 5) is 31.0. The lowest BCUT2D eigenvalue weighted by molar-refractivity contribution is -0.139. The Hall–Kier alpha value is -5.44. The number of aryl methyl sites for hydroxylation is 1. The third-order valence-corrected chi connectivity index (χ3v) is 7.22. The summed E-state index contributed by atoms with van der Waals surface area (Å²) in [6.07, 6.45) is 5.99. The summed E-state index contributed by atoms with van der Waals surface area (Å²) in [5.41, 5.74) is 7.97. The summed E-state index contributed by atoms with van der Waals surface area (Å²) in [6.45, 7) is 3.71. The van der Waals surface area contributed by atoms with Gasteiger partial charge in [0, 0.05) is 41.7 Å². The van der Waals surface area contributed by atoms with E-state index in [-0.39, 0.29) is 13.0 Å². The molecule has 0 spiro atoms. The van der Waals surface area contributed by atoms with E-state index in [2.05, 4.69) is 9.97 Å². The lowest BCUT2D eigenvalue weighted by Crippen LogP contribution is -2.00. The Bertz CT molecular complexity index is 1770. The predicted molar refractivity (Wildman–Crippen MR) is 182 cm³/mol. The second-order valence-electron chi connectivity index (χ2n) is 10.9. The first-order valence-electron chi connectivity index (χ1n) is 15.3. The maximum atomic E-state index is 11.8. The molecule has 0 unspecified atom stereocenters. The monoisotopic (exact) mass is 630 g/mol. The van der Waals surface area contributed by atoms with Gasteiger partial charge in [0.2, 0.25) is 0 Å². The van der Waals surface area contributed by atoms with Crippen molar-refractivity contribution in [2.75, 3.05) is 0 Å². The molecule has 0 aliphatic carbocycles.